The third-order valence-electron chi connectivity index (χ3n) is 6.26. The molecule has 0 spiro atoms. The first-order valence-electron chi connectivity index (χ1n) is 10.2. The number of sulfonamides is 1. The standard InChI is InChI=1S/C25H27NO3S/c1-19-11-13-22(14-12-19)30(27,28)26-18-20(2)25(3,24(26)23-10-7-17-29-23)16-15-21-8-5-4-6-9-21/h4-14,17,24H,2,15-16,18H2,1,3H3. The van der Waals surface area contributed by atoms with Crippen LogP contribution in [0, 0.1) is 12.3 Å². The highest BCUT2D eigenvalue weighted by molar-refractivity contribution is 7.89. The quantitative estimate of drug-likeness (QED) is 0.492. The molecule has 1 saturated heterocycles. The van der Waals surface area contributed by atoms with Crippen molar-refractivity contribution in [3.8, 4) is 0 Å². The molecule has 4 rings (SSSR count). The number of benzene rings is 2. The first kappa shape index (κ1) is 20.6. The van der Waals surface area contributed by atoms with E-state index in [1.54, 1.807) is 22.7 Å². The van der Waals surface area contributed by atoms with E-state index in [0.29, 0.717) is 10.7 Å². The van der Waals surface area contributed by atoms with Gasteiger partial charge in [-0.2, -0.15) is 4.31 Å². The van der Waals surface area contributed by atoms with E-state index in [-0.39, 0.29) is 6.54 Å². The first-order valence-corrected chi connectivity index (χ1v) is 11.6. The molecule has 2 atom stereocenters. The van der Waals surface area contributed by atoms with E-state index < -0.39 is 21.5 Å². The van der Waals surface area contributed by atoms with Crippen molar-refractivity contribution >= 4 is 10.0 Å². The highest BCUT2D eigenvalue weighted by atomic mass is 32.2. The van der Waals surface area contributed by atoms with Crippen LogP contribution in [0.5, 0.6) is 0 Å². The molecule has 0 bridgehead atoms. The van der Waals surface area contributed by atoms with Crippen molar-refractivity contribution in [1.29, 1.82) is 0 Å². The predicted molar refractivity (Wildman–Crippen MR) is 119 cm³/mol. The minimum Gasteiger partial charge on any atom is -0.468 e. The van der Waals surface area contributed by atoms with Crippen LogP contribution < -0.4 is 0 Å². The summed E-state index contributed by atoms with van der Waals surface area (Å²) in [7, 11) is -3.71. The molecule has 2 unspecified atom stereocenters. The smallest absolute Gasteiger partial charge is 0.244 e. The molecule has 0 radical (unpaired) electrons. The van der Waals surface area contributed by atoms with Crippen molar-refractivity contribution < 1.29 is 12.8 Å². The van der Waals surface area contributed by atoms with Crippen molar-refractivity contribution in [1.82, 2.24) is 4.31 Å². The minimum absolute atomic E-state index is 0.285. The van der Waals surface area contributed by atoms with Gasteiger partial charge in [-0.25, -0.2) is 8.42 Å². The molecule has 1 aliphatic heterocycles. The summed E-state index contributed by atoms with van der Waals surface area (Å²) in [5, 5.41) is 0. The Morgan fingerprint density at radius 1 is 1.07 bits per heavy atom. The van der Waals surface area contributed by atoms with Gasteiger partial charge in [0, 0.05) is 12.0 Å². The number of furan rings is 1. The molecule has 4 nitrogen and oxygen atoms in total. The molecule has 3 aromatic rings. The molecule has 1 aromatic heterocycles. The van der Waals surface area contributed by atoms with Gasteiger partial charge in [-0.15, -0.1) is 0 Å². The number of nitrogens with zero attached hydrogens (tertiary/aromatic N) is 1. The van der Waals surface area contributed by atoms with E-state index >= 15 is 0 Å². The Morgan fingerprint density at radius 3 is 2.40 bits per heavy atom. The molecule has 0 N–H and O–H groups in total. The molecule has 1 aliphatic rings. The highest BCUT2D eigenvalue weighted by Crippen LogP contribution is 2.54. The maximum absolute atomic E-state index is 13.6. The zero-order chi connectivity index (χ0) is 21.4. The molecule has 30 heavy (non-hydrogen) atoms. The van der Waals surface area contributed by atoms with Crippen LogP contribution in [0.15, 0.2) is 94.5 Å². The Kier molecular flexibility index (Phi) is 5.43. The summed E-state index contributed by atoms with van der Waals surface area (Å²) in [6.07, 6.45) is 3.22. The van der Waals surface area contributed by atoms with Crippen LogP contribution in [0.4, 0.5) is 0 Å². The molecule has 2 aromatic carbocycles. The molecule has 1 fully saturated rings. The fraction of sp³-hybridized carbons (Fsp3) is 0.280. The van der Waals surface area contributed by atoms with E-state index in [1.807, 2.05) is 49.4 Å². The van der Waals surface area contributed by atoms with Crippen LogP contribution in [-0.4, -0.2) is 19.3 Å². The van der Waals surface area contributed by atoms with Crippen molar-refractivity contribution in [2.75, 3.05) is 6.54 Å². The zero-order valence-corrected chi connectivity index (χ0v) is 18.2. The van der Waals surface area contributed by atoms with Gasteiger partial charge in [0.15, 0.2) is 0 Å². The monoisotopic (exact) mass is 421 g/mol. The Labute approximate surface area is 178 Å². The fourth-order valence-electron chi connectivity index (χ4n) is 4.31. The topological polar surface area (TPSA) is 50.5 Å². The zero-order valence-electron chi connectivity index (χ0n) is 17.4. The van der Waals surface area contributed by atoms with Crippen molar-refractivity contribution in [2.24, 2.45) is 5.41 Å². The summed E-state index contributed by atoms with van der Waals surface area (Å²) in [4.78, 5) is 0.296. The molecule has 0 saturated carbocycles. The molecule has 0 aliphatic carbocycles. The van der Waals surface area contributed by atoms with E-state index in [4.69, 9.17) is 4.42 Å². The van der Waals surface area contributed by atoms with Gasteiger partial charge >= 0.3 is 0 Å². The minimum atomic E-state index is -3.71. The van der Waals surface area contributed by atoms with Crippen LogP contribution in [0.3, 0.4) is 0 Å². The second kappa shape index (κ2) is 7.89. The Hall–Kier alpha value is -2.63. The third kappa shape index (κ3) is 3.64. The van der Waals surface area contributed by atoms with Crippen molar-refractivity contribution in [3.63, 3.8) is 0 Å². The Bertz CT molecular complexity index is 1120. The summed E-state index contributed by atoms with van der Waals surface area (Å²) >= 11 is 0. The van der Waals surface area contributed by atoms with Gasteiger partial charge in [0.2, 0.25) is 10.0 Å². The Balaban J connectivity index is 1.73. The van der Waals surface area contributed by atoms with Gasteiger partial charge in [0.1, 0.15) is 5.76 Å². The number of rotatable bonds is 6. The average molecular weight is 422 g/mol. The van der Waals surface area contributed by atoms with Gasteiger partial charge in [0.05, 0.1) is 17.2 Å². The van der Waals surface area contributed by atoms with Gasteiger partial charge in [-0.3, -0.25) is 0 Å². The van der Waals surface area contributed by atoms with Crippen molar-refractivity contribution in [3.05, 3.63) is 102 Å². The first-order chi connectivity index (χ1) is 14.3. The Morgan fingerprint density at radius 2 is 1.77 bits per heavy atom. The van der Waals surface area contributed by atoms with Gasteiger partial charge < -0.3 is 4.42 Å². The van der Waals surface area contributed by atoms with Gasteiger partial charge in [-0.1, -0.05) is 67.1 Å². The van der Waals surface area contributed by atoms with E-state index in [1.165, 1.54) is 5.56 Å². The normalized spacial score (nSPS) is 22.5. The second-order valence-corrected chi connectivity index (χ2v) is 10.2. The summed E-state index contributed by atoms with van der Waals surface area (Å²) in [5.41, 5.74) is 2.72. The number of hydrogen-bond donors (Lipinski definition) is 0. The molecule has 0 amide bonds. The molecule has 2 heterocycles. The summed E-state index contributed by atoms with van der Waals surface area (Å²) < 4.78 is 34.5. The van der Waals surface area contributed by atoms with E-state index in [0.717, 1.165) is 24.0 Å². The van der Waals surface area contributed by atoms with Crippen LogP contribution in [0.25, 0.3) is 0 Å². The third-order valence-corrected chi connectivity index (χ3v) is 8.09. The second-order valence-electron chi connectivity index (χ2n) is 8.29. The molecule has 156 valence electrons. The summed E-state index contributed by atoms with van der Waals surface area (Å²) in [6.45, 7) is 8.64. The van der Waals surface area contributed by atoms with Crippen LogP contribution in [0.1, 0.15) is 36.3 Å². The van der Waals surface area contributed by atoms with Crippen LogP contribution >= 0.6 is 0 Å². The largest absolute Gasteiger partial charge is 0.468 e. The summed E-state index contributed by atoms with van der Waals surface area (Å²) in [5.74, 6) is 0.653. The van der Waals surface area contributed by atoms with E-state index in [9.17, 15) is 8.42 Å². The molecular formula is C25H27NO3S. The predicted octanol–water partition coefficient (Wildman–Crippen LogP) is 5.53. The molecular weight excluding hydrogens is 394 g/mol. The van der Waals surface area contributed by atoms with E-state index in [2.05, 4.69) is 25.6 Å². The lowest BCUT2D eigenvalue weighted by Gasteiger charge is -2.34. The van der Waals surface area contributed by atoms with Gasteiger partial charge in [-0.05, 0) is 49.6 Å². The van der Waals surface area contributed by atoms with Crippen LogP contribution in [0.2, 0.25) is 0 Å². The number of hydrogen-bond acceptors (Lipinski definition) is 3. The molecule has 5 heteroatoms. The maximum atomic E-state index is 13.6. The maximum Gasteiger partial charge on any atom is 0.244 e. The lowest BCUT2D eigenvalue weighted by Crippen LogP contribution is -2.35. The number of aryl methyl sites for hydroxylation is 2. The summed E-state index contributed by atoms with van der Waals surface area (Å²) in [6, 6.07) is 20.5. The van der Waals surface area contributed by atoms with Crippen molar-refractivity contribution in [2.45, 2.75) is 37.6 Å². The average Bonchev–Trinajstić information content (AvgIpc) is 3.35. The SMILES string of the molecule is C=C1CN(S(=O)(=O)c2ccc(C)cc2)C(c2ccco2)C1(C)CCc1ccccc1. The fourth-order valence-corrected chi connectivity index (χ4v) is 6.00. The van der Waals surface area contributed by atoms with Crippen LogP contribution in [-0.2, 0) is 16.4 Å². The highest BCUT2D eigenvalue weighted by Gasteiger charge is 2.52. The van der Waals surface area contributed by atoms with Gasteiger partial charge in [0.25, 0.3) is 0 Å². The lowest BCUT2D eigenvalue weighted by atomic mass is 9.74. The lowest BCUT2D eigenvalue weighted by molar-refractivity contribution is 0.210.